The van der Waals surface area contributed by atoms with Crippen LogP contribution in [0.3, 0.4) is 0 Å². The fourth-order valence-electron chi connectivity index (χ4n) is 3.13. The number of hydrogen-bond acceptors (Lipinski definition) is 3. The first-order valence-electron chi connectivity index (χ1n) is 9.73. The van der Waals surface area contributed by atoms with Crippen molar-refractivity contribution >= 4 is 40.9 Å². The number of carboxylic acid groups (broad SMARTS) is 1. The average molecular weight is 474 g/mol. The molecule has 0 saturated heterocycles. The van der Waals surface area contributed by atoms with Gasteiger partial charge in [0.25, 0.3) is 5.56 Å². The number of aryl methyl sites for hydroxylation is 1. The molecule has 3 aromatic rings. The second-order valence-corrected chi connectivity index (χ2v) is 8.04. The molecule has 1 heterocycles. The number of carboxylic acids is 1. The van der Waals surface area contributed by atoms with E-state index in [1.54, 1.807) is 30.3 Å². The molecule has 0 aliphatic heterocycles. The Bertz CT molecular complexity index is 1190. The molecule has 0 fully saturated rings. The Labute approximate surface area is 194 Å². The molecule has 0 unspecified atom stereocenters. The summed E-state index contributed by atoms with van der Waals surface area (Å²) in [6, 6.07) is 14.2. The van der Waals surface area contributed by atoms with Crippen LogP contribution in [0.1, 0.15) is 29.2 Å². The van der Waals surface area contributed by atoms with Crippen LogP contribution in [0.2, 0.25) is 10.0 Å². The highest BCUT2D eigenvalue weighted by molar-refractivity contribution is 6.33. The molecule has 1 atom stereocenters. The lowest BCUT2D eigenvalue weighted by Crippen LogP contribution is -2.36. The number of nitrogens with one attached hydrogen (secondary N) is 2. The van der Waals surface area contributed by atoms with Crippen molar-refractivity contribution in [3.63, 3.8) is 0 Å². The average Bonchev–Trinajstić information content (AvgIpc) is 2.74. The number of amides is 2. The molecule has 32 heavy (non-hydrogen) atoms. The fourth-order valence-corrected chi connectivity index (χ4v) is 3.51. The molecule has 3 rings (SSSR count). The number of pyridine rings is 1. The lowest BCUT2D eigenvalue weighted by molar-refractivity contribution is -0.137. The standard InChI is InChI=1S/C23H21Cl2N3O4/c1-14-6-8-15(9-7-14)19(12-20(29)30)26-23(32)27-21-18(25)10-11-28(22(21)31)13-16-4-2-3-5-17(16)24/h2-11,19H,12-13H2,1H3,(H,29,30)(H2,26,27,32)/t19-/m0/s1. The predicted octanol–water partition coefficient (Wildman–Crippen LogP) is 4.85. The Kier molecular flexibility index (Phi) is 7.56. The lowest BCUT2D eigenvalue weighted by atomic mass is 10.0. The van der Waals surface area contributed by atoms with Crippen LogP contribution in [0.25, 0.3) is 0 Å². The number of hydrogen-bond donors (Lipinski definition) is 3. The number of aliphatic carboxylic acids is 1. The van der Waals surface area contributed by atoms with Crippen LogP contribution in [-0.4, -0.2) is 21.7 Å². The molecule has 1 aromatic heterocycles. The molecule has 2 aromatic carbocycles. The number of halogens is 2. The zero-order chi connectivity index (χ0) is 23.3. The van der Waals surface area contributed by atoms with Crippen LogP contribution in [0.4, 0.5) is 10.5 Å². The molecule has 0 bridgehead atoms. The van der Waals surface area contributed by atoms with Crippen molar-refractivity contribution in [3.8, 4) is 0 Å². The van der Waals surface area contributed by atoms with Crippen molar-refractivity contribution in [2.75, 3.05) is 5.32 Å². The Hall–Kier alpha value is -3.29. The lowest BCUT2D eigenvalue weighted by Gasteiger charge is -2.19. The quantitative estimate of drug-likeness (QED) is 0.456. The summed E-state index contributed by atoms with van der Waals surface area (Å²) in [5.74, 6) is -1.07. The van der Waals surface area contributed by atoms with Crippen molar-refractivity contribution in [2.45, 2.75) is 25.9 Å². The van der Waals surface area contributed by atoms with Crippen LogP contribution in [0.15, 0.2) is 65.6 Å². The van der Waals surface area contributed by atoms with E-state index in [4.69, 9.17) is 23.2 Å². The van der Waals surface area contributed by atoms with Crippen molar-refractivity contribution in [2.24, 2.45) is 0 Å². The summed E-state index contributed by atoms with van der Waals surface area (Å²) in [5.41, 5.74) is 1.73. The summed E-state index contributed by atoms with van der Waals surface area (Å²) >= 11 is 12.3. The van der Waals surface area contributed by atoms with E-state index in [9.17, 15) is 19.5 Å². The van der Waals surface area contributed by atoms with Crippen LogP contribution >= 0.6 is 23.2 Å². The summed E-state index contributed by atoms with van der Waals surface area (Å²) in [6.07, 6.45) is 1.19. The van der Waals surface area contributed by atoms with Gasteiger partial charge in [-0.25, -0.2) is 4.79 Å². The summed E-state index contributed by atoms with van der Waals surface area (Å²) in [5, 5.41) is 14.9. The number of benzene rings is 2. The summed E-state index contributed by atoms with van der Waals surface area (Å²) in [7, 11) is 0. The number of carbonyl (C=O) groups is 2. The molecule has 9 heteroatoms. The zero-order valence-electron chi connectivity index (χ0n) is 17.1. The van der Waals surface area contributed by atoms with Gasteiger partial charge in [0.2, 0.25) is 0 Å². The molecule has 0 spiro atoms. The van der Waals surface area contributed by atoms with Gasteiger partial charge in [0.15, 0.2) is 0 Å². The van der Waals surface area contributed by atoms with Crippen molar-refractivity contribution < 1.29 is 14.7 Å². The Morgan fingerprint density at radius 2 is 1.72 bits per heavy atom. The minimum absolute atomic E-state index is 0.0608. The normalized spacial score (nSPS) is 11.6. The highest BCUT2D eigenvalue weighted by Crippen LogP contribution is 2.21. The van der Waals surface area contributed by atoms with Crippen LogP contribution in [-0.2, 0) is 11.3 Å². The number of carbonyl (C=O) groups excluding carboxylic acids is 1. The van der Waals surface area contributed by atoms with Crippen LogP contribution < -0.4 is 16.2 Å². The van der Waals surface area contributed by atoms with E-state index in [-0.39, 0.29) is 23.7 Å². The molecule has 2 amide bonds. The van der Waals surface area contributed by atoms with Gasteiger partial charge in [-0.05, 0) is 30.2 Å². The first-order chi connectivity index (χ1) is 15.2. The minimum Gasteiger partial charge on any atom is -0.481 e. The predicted molar refractivity (Wildman–Crippen MR) is 125 cm³/mol. The van der Waals surface area contributed by atoms with Gasteiger partial charge in [-0.1, -0.05) is 71.2 Å². The maximum atomic E-state index is 12.9. The smallest absolute Gasteiger partial charge is 0.319 e. The first-order valence-corrected chi connectivity index (χ1v) is 10.5. The second kappa shape index (κ2) is 10.3. The Balaban J connectivity index is 1.81. The number of urea groups is 1. The highest BCUT2D eigenvalue weighted by Gasteiger charge is 2.20. The molecule has 0 aliphatic rings. The zero-order valence-corrected chi connectivity index (χ0v) is 18.7. The summed E-state index contributed by atoms with van der Waals surface area (Å²) in [6.45, 7) is 2.10. The van der Waals surface area contributed by atoms with Crippen LogP contribution in [0.5, 0.6) is 0 Å². The molecule has 0 radical (unpaired) electrons. The first kappa shape index (κ1) is 23.4. The van der Waals surface area contributed by atoms with Gasteiger partial charge in [0.05, 0.1) is 24.0 Å². The number of nitrogens with zero attached hydrogens (tertiary/aromatic N) is 1. The van der Waals surface area contributed by atoms with Crippen molar-refractivity contribution in [1.82, 2.24) is 9.88 Å². The van der Waals surface area contributed by atoms with Crippen molar-refractivity contribution in [1.29, 1.82) is 0 Å². The minimum atomic E-state index is -1.07. The van der Waals surface area contributed by atoms with Gasteiger partial charge >= 0.3 is 12.0 Å². The van der Waals surface area contributed by atoms with Gasteiger partial charge in [-0.15, -0.1) is 0 Å². The monoisotopic (exact) mass is 473 g/mol. The molecule has 166 valence electrons. The van der Waals surface area contributed by atoms with Gasteiger partial charge in [-0.2, -0.15) is 0 Å². The van der Waals surface area contributed by atoms with Gasteiger partial charge in [0.1, 0.15) is 5.69 Å². The fraction of sp³-hybridized carbons (Fsp3) is 0.174. The molecule has 0 aliphatic carbocycles. The van der Waals surface area contributed by atoms with E-state index in [1.807, 2.05) is 25.1 Å². The molecular formula is C23H21Cl2N3O4. The Morgan fingerprint density at radius 1 is 1.03 bits per heavy atom. The van der Waals surface area contributed by atoms with Gasteiger partial charge < -0.3 is 20.3 Å². The third-order valence-corrected chi connectivity index (χ3v) is 5.50. The summed E-state index contributed by atoms with van der Waals surface area (Å²) < 4.78 is 1.37. The highest BCUT2D eigenvalue weighted by atomic mass is 35.5. The third-order valence-electron chi connectivity index (χ3n) is 4.82. The molecule has 3 N–H and O–H groups in total. The largest absolute Gasteiger partial charge is 0.481 e. The topological polar surface area (TPSA) is 100 Å². The van der Waals surface area contributed by atoms with Gasteiger partial charge in [0, 0.05) is 11.2 Å². The summed E-state index contributed by atoms with van der Waals surface area (Å²) in [4.78, 5) is 36.8. The SMILES string of the molecule is Cc1ccc([C@H](CC(=O)O)NC(=O)Nc2c(Cl)ccn(Cc3ccccc3Cl)c2=O)cc1. The molecular weight excluding hydrogens is 453 g/mol. The van der Waals surface area contributed by atoms with E-state index in [1.165, 1.54) is 16.8 Å². The van der Waals surface area contributed by atoms with E-state index in [0.29, 0.717) is 10.6 Å². The van der Waals surface area contributed by atoms with Crippen molar-refractivity contribution in [3.05, 3.63) is 97.9 Å². The molecule has 0 saturated carbocycles. The van der Waals surface area contributed by atoms with E-state index in [0.717, 1.165) is 11.1 Å². The van der Waals surface area contributed by atoms with Crippen LogP contribution in [0, 0.1) is 6.92 Å². The van der Waals surface area contributed by atoms with Gasteiger partial charge in [-0.3, -0.25) is 9.59 Å². The van der Waals surface area contributed by atoms with E-state index in [2.05, 4.69) is 10.6 Å². The maximum absolute atomic E-state index is 12.9. The molecule has 7 nitrogen and oxygen atoms in total. The number of rotatable bonds is 7. The Morgan fingerprint density at radius 3 is 2.38 bits per heavy atom. The van der Waals surface area contributed by atoms with E-state index < -0.39 is 23.6 Å². The third kappa shape index (κ3) is 5.90. The van der Waals surface area contributed by atoms with E-state index >= 15 is 0 Å². The second-order valence-electron chi connectivity index (χ2n) is 7.22. The number of anilines is 1. The maximum Gasteiger partial charge on any atom is 0.319 e. The number of aromatic nitrogens is 1.